The summed E-state index contributed by atoms with van der Waals surface area (Å²) in [6, 6.07) is 8.59. The molecular weight excluding hydrogens is 596 g/mol. The van der Waals surface area contributed by atoms with E-state index in [0.717, 1.165) is 5.39 Å². The fourth-order valence-electron chi connectivity index (χ4n) is 2.53. The summed E-state index contributed by atoms with van der Waals surface area (Å²) in [5, 5.41) is 42.9. The molecule has 4 rings (SSSR count). The number of pyridine rings is 1. The fourth-order valence-corrected chi connectivity index (χ4v) is 2.65. The molecule has 0 aliphatic carbocycles. The lowest BCUT2D eigenvalue weighted by atomic mass is 10.1. The van der Waals surface area contributed by atoms with E-state index < -0.39 is 36.3 Å². The average Bonchev–Trinajstić information content (AvgIpc) is 3.56. The summed E-state index contributed by atoms with van der Waals surface area (Å²) < 4.78 is 64.9. The standard InChI is InChI=1S/C17H14ClN7O2.2C2HF3O2/c18-12-3-1-10(2-4-12)15(26)8-20-17(27)14-9-25(24-22-14)13-5-11-6-21-23-16(11)19-7-13;2*3-2(4,5)1(6)7/h1-7,9,15,26H,8H2,(H,20,27)(H,19,21,23);2*(H,6,7). The molecule has 0 spiro atoms. The number of nitrogens with zero attached hydrogens (tertiary/aromatic N) is 5. The summed E-state index contributed by atoms with van der Waals surface area (Å²) in [6.07, 6.45) is -6.28. The number of aliphatic carboxylic acids is 2. The number of carbonyl (C=O) groups excluding carboxylic acids is 1. The summed E-state index contributed by atoms with van der Waals surface area (Å²) in [7, 11) is 0. The maximum absolute atomic E-state index is 12.3. The third-order valence-electron chi connectivity index (χ3n) is 4.46. The van der Waals surface area contributed by atoms with E-state index in [4.69, 9.17) is 31.4 Å². The van der Waals surface area contributed by atoms with Gasteiger partial charge in [-0.15, -0.1) is 5.10 Å². The second-order valence-electron chi connectivity index (χ2n) is 7.43. The van der Waals surface area contributed by atoms with Crippen molar-refractivity contribution in [1.29, 1.82) is 0 Å². The Balaban J connectivity index is 0.000000349. The van der Waals surface area contributed by atoms with Gasteiger partial charge in [0.15, 0.2) is 11.3 Å². The number of hydrogen-bond donors (Lipinski definition) is 5. The molecular formula is C21H16ClF6N7O6. The number of aliphatic hydroxyl groups excluding tert-OH is 1. The van der Waals surface area contributed by atoms with Crippen LogP contribution in [0.15, 0.2) is 48.9 Å². The maximum Gasteiger partial charge on any atom is 0.490 e. The van der Waals surface area contributed by atoms with Crippen molar-refractivity contribution in [2.24, 2.45) is 0 Å². The monoisotopic (exact) mass is 611 g/mol. The smallest absolute Gasteiger partial charge is 0.475 e. The quantitative estimate of drug-likeness (QED) is 0.209. The Morgan fingerprint density at radius 3 is 2.10 bits per heavy atom. The molecule has 0 radical (unpaired) electrons. The van der Waals surface area contributed by atoms with Crippen molar-refractivity contribution in [3.63, 3.8) is 0 Å². The maximum atomic E-state index is 12.3. The van der Waals surface area contributed by atoms with Crippen LogP contribution in [0.4, 0.5) is 26.3 Å². The molecule has 0 saturated heterocycles. The van der Waals surface area contributed by atoms with Crippen LogP contribution in [0.1, 0.15) is 22.2 Å². The van der Waals surface area contributed by atoms with Gasteiger partial charge in [-0.25, -0.2) is 19.3 Å². The van der Waals surface area contributed by atoms with Gasteiger partial charge in [-0.3, -0.25) is 9.89 Å². The van der Waals surface area contributed by atoms with Crippen LogP contribution >= 0.6 is 11.6 Å². The molecule has 41 heavy (non-hydrogen) atoms. The zero-order valence-corrected chi connectivity index (χ0v) is 20.6. The van der Waals surface area contributed by atoms with E-state index in [2.05, 4.69) is 30.8 Å². The lowest BCUT2D eigenvalue weighted by Gasteiger charge is -2.11. The molecule has 0 fully saturated rings. The minimum atomic E-state index is -5.08. The highest BCUT2D eigenvalue weighted by molar-refractivity contribution is 6.30. The summed E-state index contributed by atoms with van der Waals surface area (Å²) in [5.41, 5.74) is 2.10. The first kappa shape index (κ1) is 32.4. The van der Waals surface area contributed by atoms with Crippen molar-refractivity contribution in [2.75, 3.05) is 6.54 Å². The molecule has 13 nitrogen and oxygen atoms in total. The molecule has 4 aromatic rings. The number of aromatic amines is 1. The third kappa shape index (κ3) is 10.0. The predicted molar refractivity (Wildman–Crippen MR) is 125 cm³/mol. The molecule has 1 unspecified atom stereocenters. The van der Waals surface area contributed by atoms with Gasteiger partial charge in [-0.2, -0.15) is 31.4 Å². The molecule has 3 heterocycles. The molecule has 0 saturated carbocycles. The summed E-state index contributed by atoms with van der Waals surface area (Å²) in [5.74, 6) is -5.95. The number of nitrogens with one attached hydrogen (secondary N) is 2. The van der Waals surface area contributed by atoms with E-state index >= 15 is 0 Å². The van der Waals surface area contributed by atoms with Crippen molar-refractivity contribution in [1.82, 2.24) is 35.5 Å². The third-order valence-corrected chi connectivity index (χ3v) is 4.72. The van der Waals surface area contributed by atoms with Gasteiger partial charge in [0.2, 0.25) is 0 Å². The topological polar surface area (TPSA) is 196 Å². The Morgan fingerprint density at radius 1 is 1.00 bits per heavy atom. The van der Waals surface area contributed by atoms with Gasteiger partial charge in [-0.05, 0) is 23.8 Å². The van der Waals surface area contributed by atoms with Crippen LogP contribution in [0.2, 0.25) is 5.02 Å². The molecule has 1 amide bonds. The largest absolute Gasteiger partial charge is 0.490 e. The number of fused-ring (bicyclic) bond motifs is 1. The molecule has 1 atom stereocenters. The van der Waals surface area contributed by atoms with E-state index in [1.807, 2.05) is 6.07 Å². The Hall–Kier alpha value is -4.78. The Morgan fingerprint density at radius 2 is 1.56 bits per heavy atom. The van der Waals surface area contributed by atoms with E-state index in [0.29, 0.717) is 21.9 Å². The average molecular weight is 612 g/mol. The minimum absolute atomic E-state index is 0.0376. The summed E-state index contributed by atoms with van der Waals surface area (Å²) in [4.78, 5) is 34.3. The van der Waals surface area contributed by atoms with Gasteiger partial charge < -0.3 is 20.6 Å². The van der Waals surface area contributed by atoms with Gasteiger partial charge >= 0.3 is 24.3 Å². The number of aliphatic hydroxyl groups is 1. The van der Waals surface area contributed by atoms with Gasteiger partial charge in [-0.1, -0.05) is 28.9 Å². The fraction of sp³-hybridized carbons (Fsp3) is 0.190. The first-order valence-corrected chi connectivity index (χ1v) is 10.9. The highest BCUT2D eigenvalue weighted by atomic mass is 35.5. The van der Waals surface area contributed by atoms with Gasteiger partial charge in [0.25, 0.3) is 5.91 Å². The van der Waals surface area contributed by atoms with Gasteiger partial charge in [0.1, 0.15) is 0 Å². The molecule has 5 N–H and O–H groups in total. The second kappa shape index (κ2) is 13.5. The highest BCUT2D eigenvalue weighted by Gasteiger charge is 2.38. The highest BCUT2D eigenvalue weighted by Crippen LogP contribution is 2.17. The lowest BCUT2D eigenvalue weighted by Crippen LogP contribution is -2.28. The van der Waals surface area contributed by atoms with Crippen molar-refractivity contribution in [2.45, 2.75) is 18.5 Å². The van der Waals surface area contributed by atoms with Gasteiger partial charge in [0.05, 0.1) is 30.4 Å². The minimum Gasteiger partial charge on any atom is -0.475 e. The number of H-pyrrole nitrogens is 1. The second-order valence-corrected chi connectivity index (χ2v) is 7.87. The number of aromatic nitrogens is 6. The molecule has 220 valence electrons. The molecule has 0 bridgehead atoms. The van der Waals surface area contributed by atoms with E-state index in [1.165, 1.54) is 10.9 Å². The van der Waals surface area contributed by atoms with Crippen LogP contribution in [0, 0.1) is 0 Å². The normalized spacial score (nSPS) is 11.9. The number of carboxylic acid groups (broad SMARTS) is 2. The van der Waals surface area contributed by atoms with Crippen molar-refractivity contribution >= 4 is 40.5 Å². The summed E-state index contributed by atoms with van der Waals surface area (Å²) >= 11 is 5.82. The van der Waals surface area contributed by atoms with Crippen LogP contribution in [0.3, 0.4) is 0 Å². The Kier molecular flexibility index (Phi) is 10.7. The predicted octanol–water partition coefficient (Wildman–Crippen LogP) is 2.92. The lowest BCUT2D eigenvalue weighted by molar-refractivity contribution is -0.193. The van der Waals surface area contributed by atoms with E-state index in [1.54, 1.807) is 36.7 Å². The Bertz CT molecular complexity index is 1470. The van der Waals surface area contributed by atoms with E-state index in [-0.39, 0.29) is 12.2 Å². The summed E-state index contributed by atoms with van der Waals surface area (Å²) in [6.45, 7) is 0.0376. The van der Waals surface area contributed by atoms with Crippen LogP contribution in [-0.4, -0.2) is 82.2 Å². The molecule has 3 aromatic heterocycles. The van der Waals surface area contributed by atoms with Crippen LogP contribution in [0.25, 0.3) is 16.7 Å². The number of carbonyl (C=O) groups is 3. The SMILES string of the molecule is O=C(NCC(O)c1ccc(Cl)cc1)c1cn(-c2cnc3[nH]ncc3c2)nn1.O=C(O)C(F)(F)F.O=C(O)C(F)(F)F. The number of benzene rings is 1. The van der Waals surface area contributed by atoms with Crippen molar-refractivity contribution in [3.05, 3.63) is 65.2 Å². The van der Waals surface area contributed by atoms with Gasteiger partial charge in [0, 0.05) is 17.0 Å². The first-order chi connectivity index (χ1) is 19.0. The molecule has 1 aromatic carbocycles. The number of amides is 1. The Labute approximate surface area is 228 Å². The number of halogens is 7. The molecule has 20 heteroatoms. The van der Waals surface area contributed by atoms with Crippen LogP contribution in [-0.2, 0) is 9.59 Å². The number of carboxylic acids is 2. The number of alkyl halides is 6. The van der Waals surface area contributed by atoms with Crippen molar-refractivity contribution < 1.29 is 56.0 Å². The molecule has 0 aliphatic heterocycles. The van der Waals surface area contributed by atoms with Crippen LogP contribution in [0.5, 0.6) is 0 Å². The number of hydrogen-bond acceptors (Lipinski definition) is 8. The zero-order chi connectivity index (χ0) is 31.0. The number of rotatable bonds is 5. The first-order valence-electron chi connectivity index (χ1n) is 10.5. The zero-order valence-electron chi connectivity index (χ0n) is 19.9. The van der Waals surface area contributed by atoms with Crippen molar-refractivity contribution in [3.8, 4) is 5.69 Å². The van der Waals surface area contributed by atoms with E-state index in [9.17, 15) is 36.2 Å². The molecule has 0 aliphatic rings. The van der Waals surface area contributed by atoms with Crippen LogP contribution < -0.4 is 5.32 Å².